The van der Waals surface area contributed by atoms with Crippen LogP contribution in [0.4, 0.5) is 0 Å². The van der Waals surface area contributed by atoms with Crippen LogP contribution in [-0.4, -0.2) is 33.1 Å². The maximum atomic E-state index is 12.5. The van der Waals surface area contributed by atoms with Crippen molar-refractivity contribution in [2.24, 2.45) is 7.05 Å². The number of aromatic carboxylic acids is 1. The van der Waals surface area contributed by atoms with Crippen LogP contribution in [0.25, 0.3) is 0 Å². The third kappa shape index (κ3) is 2.65. The molecule has 2 aromatic rings. The summed E-state index contributed by atoms with van der Waals surface area (Å²) in [4.78, 5) is 28.0. The first kappa shape index (κ1) is 15.1. The number of fused-ring (bicyclic) bond motifs is 1. The van der Waals surface area contributed by atoms with Gasteiger partial charge in [0, 0.05) is 25.4 Å². The van der Waals surface area contributed by atoms with Crippen LogP contribution >= 0.6 is 0 Å². The van der Waals surface area contributed by atoms with Crippen molar-refractivity contribution < 1.29 is 19.4 Å². The first-order chi connectivity index (χ1) is 11.0. The van der Waals surface area contributed by atoms with Crippen molar-refractivity contribution in [2.45, 2.75) is 19.4 Å². The van der Waals surface area contributed by atoms with E-state index in [-0.39, 0.29) is 17.5 Å². The van der Waals surface area contributed by atoms with Gasteiger partial charge in [-0.3, -0.25) is 9.78 Å². The van der Waals surface area contributed by atoms with E-state index in [4.69, 9.17) is 9.84 Å². The van der Waals surface area contributed by atoms with Crippen molar-refractivity contribution in [3.05, 3.63) is 47.0 Å². The summed E-state index contributed by atoms with van der Waals surface area (Å²) in [5, 5.41) is 12.1. The summed E-state index contributed by atoms with van der Waals surface area (Å²) in [5.41, 5.74) is 1.66. The molecule has 0 saturated heterocycles. The molecule has 3 rings (SSSR count). The summed E-state index contributed by atoms with van der Waals surface area (Å²) < 4.78 is 7.10. The molecule has 120 valence electrons. The van der Waals surface area contributed by atoms with Crippen LogP contribution in [0.3, 0.4) is 0 Å². The van der Waals surface area contributed by atoms with Crippen molar-refractivity contribution in [1.82, 2.24) is 14.9 Å². The van der Waals surface area contributed by atoms with Gasteiger partial charge in [-0.15, -0.1) is 0 Å². The lowest BCUT2D eigenvalue weighted by Crippen LogP contribution is -2.33. The van der Waals surface area contributed by atoms with E-state index in [1.807, 2.05) is 6.07 Å². The Morgan fingerprint density at radius 1 is 1.48 bits per heavy atom. The molecular formula is C16H17N3O4. The molecule has 1 amide bonds. The molecule has 23 heavy (non-hydrogen) atoms. The van der Waals surface area contributed by atoms with E-state index in [9.17, 15) is 9.59 Å². The highest BCUT2D eigenvalue weighted by Gasteiger charge is 2.26. The molecular weight excluding hydrogens is 298 g/mol. The predicted octanol–water partition coefficient (Wildman–Crippen LogP) is 1.68. The summed E-state index contributed by atoms with van der Waals surface area (Å²) >= 11 is 0. The van der Waals surface area contributed by atoms with Gasteiger partial charge in [-0.2, -0.15) is 0 Å². The molecule has 0 aliphatic carbocycles. The number of carboxylic acid groups (broad SMARTS) is 1. The maximum absolute atomic E-state index is 12.5. The van der Waals surface area contributed by atoms with E-state index in [1.54, 1.807) is 30.8 Å². The molecule has 3 heterocycles. The van der Waals surface area contributed by atoms with Gasteiger partial charge in [0.2, 0.25) is 0 Å². The van der Waals surface area contributed by atoms with Gasteiger partial charge in [0.15, 0.2) is 0 Å². The number of ether oxygens (including phenoxy) is 1. The Bertz CT molecular complexity index is 782. The van der Waals surface area contributed by atoms with Crippen molar-refractivity contribution in [3.63, 3.8) is 0 Å². The smallest absolute Gasteiger partial charge is 0.337 e. The van der Waals surface area contributed by atoms with E-state index < -0.39 is 5.97 Å². The largest absolute Gasteiger partial charge is 0.491 e. The third-order valence-electron chi connectivity index (χ3n) is 4.10. The third-order valence-corrected chi connectivity index (χ3v) is 4.10. The highest BCUT2D eigenvalue weighted by atomic mass is 16.5. The molecule has 0 saturated carbocycles. The molecule has 0 bridgehead atoms. The van der Waals surface area contributed by atoms with Crippen LogP contribution in [0.2, 0.25) is 0 Å². The van der Waals surface area contributed by atoms with E-state index in [2.05, 4.69) is 10.3 Å². The molecule has 2 N–H and O–H groups in total. The number of hydrogen-bond donors (Lipinski definition) is 2. The van der Waals surface area contributed by atoms with Crippen LogP contribution < -0.4 is 10.1 Å². The molecule has 0 spiro atoms. The first-order valence-corrected chi connectivity index (χ1v) is 7.27. The zero-order chi connectivity index (χ0) is 16.6. The summed E-state index contributed by atoms with van der Waals surface area (Å²) in [7, 11) is 1.67. The number of rotatable bonds is 3. The number of nitrogens with one attached hydrogen (secondary N) is 1. The minimum atomic E-state index is -1.05. The SMILES string of the molecule is Cc1c(C(=O)O)cc(C(=O)NC2CCOc3cccnc32)n1C. The number of pyridine rings is 1. The monoisotopic (exact) mass is 315 g/mol. The average Bonchev–Trinajstić information content (AvgIpc) is 2.84. The number of aromatic nitrogens is 2. The van der Waals surface area contributed by atoms with Crippen LogP contribution in [0.15, 0.2) is 24.4 Å². The Labute approximate surface area is 132 Å². The number of carboxylic acids is 1. The maximum Gasteiger partial charge on any atom is 0.337 e. The van der Waals surface area contributed by atoms with Gasteiger partial charge in [-0.1, -0.05) is 0 Å². The van der Waals surface area contributed by atoms with Gasteiger partial charge in [-0.25, -0.2) is 4.79 Å². The predicted molar refractivity (Wildman–Crippen MR) is 81.7 cm³/mol. The summed E-state index contributed by atoms with van der Waals surface area (Å²) in [6.45, 7) is 2.17. The van der Waals surface area contributed by atoms with Crippen LogP contribution in [0.1, 0.15) is 44.7 Å². The average molecular weight is 315 g/mol. The fourth-order valence-electron chi connectivity index (χ4n) is 2.72. The lowest BCUT2D eigenvalue weighted by atomic mass is 10.1. The van der Waals surface area contributed by atoms with Gasteiger partial charge in [-0.05, 0) is 25.1 Å². The molecule has 1 unspecified atom stereocenters. The highest BCUT2D eigenvalue weighted by molar-refractivity contribution is 5.98. The Kier molecular flexibility index (Phi) is 3.77. The minimum absolute atomic E-state index is 0.128. The van der Waals surface area contributed by atoms with Gasteiger partial charge in [0.05, 0.1) is 18.2 Å². The Morgan fingerprint density at radius 3 is 2.96 bits per heavy atom. The number of carbonyl (C=O) groups is 2. The summed E-state index contributed by atoms with van der Waals surface area (Å²) in [6, 6.07) is 4.74. The summed E-state index contributed by atoms with van der Waals surface area (Å²) in [5.74, 6) is -0.708. The molecule has 0 radical (unpaired) electrons. The Hall–Kier alpha value is -2.83. The molecule has 7 nitrogen and oxygen atoms in total. The van der Waals surface area contributed by atoms with Crippen molar-refractivity contribution in [1.29, 1.82) is 0 Å². The van der Waals surface area contributed by atoms with Crippen molar-refractivity contribution >= 4 is 11.9 Å². The molecule has 7 heteroatoms. The molecule has 0 fully saturated rings. The fraction of sp³-hybridized carbons (Fsp3) is 0.312. The molecule has 1 aliphatic rings. The zero-order valence-corrected chi connectivity index (χ0v) is 12.9. The second-order valence-corrected chi connectivity index (χ2v) is 5.44. The van der Waals surface area contributed by atoms with E-state index >= 15 is 0 Å². The molecule has 0 aromatic carbocycles. The lowest BCUT2D eigenvalue weighted by Gasteiger charge is -2.25. The molecule has 2 aromatic heterocycles. The number of hydrogen-bond acceptors (Lipinski definition) is 4. The lowest BCUT2D eigenvalue weighted by molar-refractivity contribution is 0.0696. The summed E-state index contributed by atoms with van der Waals surface area (Å²) in [6.07, 6.45) is 2.27. The van der Waals surface area contributed by atoms with Crippen molar-refractivity contribution in [3.8, 4) is 5.75 Å². The van der Waals surface area contributed by atoms with Crippen LogP contribution in [0.5, 0.6) is 5.75 Å². The van der Waals surface area contributed by atoms with Gasteiger partial charge < -0.3 is 19.7 Å². The van der Waals surface area contributed by atoms with E-state index in [1.165, 1.54) is 6.07 Å². The standard InChI is InChI=1S/C16H17N3O4/c1-9-10(16(21)22)8-12(19(9)2)15(20)18-11-5-7-23-13-4-3-6-17-14(11)13/h3-4,6,8,11H,5,7H2,1-2H3,(H,18,20)(H,21,22). The molecule has 1 atom stereocenters. The Balaban J connectivity index is 1.86. The van der Waals surface area contributed by atoms with E-state index in [0.29, 0.717) is 35.9 Å². The topological polar surface area (TPSA) is 93.4 Å². The van der Waals surface area contributed by atoms with Crippen LogP contribution in [0, 0.1) is 6.92 Å². The normalized spacial score (nSPS) is 16.3. The van der Waals surface area contributed by atoms with Crippen LogP contribution in [-0.2, 0) is 7.05 Å². The minimum Gasteiger partial charge on any atom is -0.491 e. The zero-order valence-electron chi connectivity index (χ0n) is 12.9. The highest BCUT2D eigenvalue weighted by Crippen LogP contribution is 2.29. The number of carbonyl (C=O) groups excluding carboxylic acids is 1. The number of nitrogens with zero attached hydrogens (tertiary/aromatic N) is 2. The molecule has 1 aliphatic heterocycles. The first-order valence-electron chi connectivity index (χ1n) is 7.27. The quantitative estimate of drug-likeness (QED) is 0.899. The number of amides is 1. The van der Waals surface area contributed by atoms with E-state index in [0.717, 1.165) is 0 Å². The van der Waals surface area contributed by atoms with Crippen molar-refractivity contribution in [2.75, 3.05) is 6.61 Å². The fourth-order valence-corrected chi connectivity index (χ4v) is 2.72. The second kappa shape index (κ2) is 5.75. The van der Waals surface area contributed by atoms with Gasteiger partial charge >= 0.3 is 5.97 Å². The second-order valence-electron chi connectivity index (χ2n) is 5.44. The van der Waals surface area contributed by atoms with Gasteiger partial charge in [0.25, 0.3) is 5.91 Å². The Morgan fingerprint density at radius 2 is 2.26 bits per heavy atom. The van der Waals surface area contributed by atoms with Gasteiger partial charge in [0.1, 0.15) is 17.1 Å².